The molecular formula is C14H18F3N3O5. The zero-order valence-electron chi connectivity index (χ0n) is 13.5. The van der Waals surface area contributed by atoms with E-state index in [4.69, 9.17) is 5.11 Å². The molecule has 1 N–H and O–H groups in total. The van der Waals surface area contributed by atoms with E-state index in [1.54, 1.807) is 0 Å². The summed E-state index contributed by atoms with van der Waals surface area (Å²) in [5, 5.41) is 31.6. The Balaban J connectivity index is 3.57. The Morgan fingerprint density at radius 3 is 1.96 bits per heavy atom. The predicted molar refractivity (Wildman–Crippen MR) is 83.6 cm³/mol. The van der Waals surface area contributed by atoms with Crippen molar-refractivity contribution in [3.05, 3.63) is 37.9 Å². The third kappa shape index (κ3) is 5.28. The van der Waals surface area contributed by atoms with E-state index in [1.807, 2.05) is 6.92 Å². The fourth-order valence-electron chi connectivity index (χ4n) is 2.38. The Bertz CT molecular complexity index is 602. The van der Waals surface area contributed by atoms with Gasteiger partial charge in [0.15, 0.2) is 5.69 Å². The first kappa shape index (κ1) is 20.6. The van der Waals surface area contributed by atoms with E-state index in [1.165, 1.54) is 4.90 Å². The van der Waals surface area contributed by atoms with Crippen molar-refractivity contribution in [2.75, 3.05) is 24.6 Å². The second-order valence-corrected chi connectivity index (χ2v) is 5.29. The molecule has 0 saturated carbocycles. The average Bonchev–Trinajstić information content (AvgIpc) is 2.52. The summed E-state index contributed by atoms with van der Waals surface area (Å²) in [6.07, 6.45) is -2.90. The third-order valence-electron chi connectivity index (χ3n) is 3.51. The van der Waals surface area contributed by atoms with Crippen LogP contribution in [0.25, 0.3) is 0 Å². The van der Waals surface area contributed by atoms with Crippen molar-refractivity contribution in [1.29, 1.82) is 0 Å². The number of nitro benzene ring substituents is 2. The van der Waals surface area contributed by atoms with Crippen LogP contribution in [0, 0.1) is 20.2 Å². The van der Waals surface area contributed by atoms with Crippen LogP contribution in [-0.2, 0) is 6.18 Å². The molecule has 0 fully saturated rings. The number of alkyl halides is 3. The number of rotatable bonds is 9. The summed E-state index contributed by atoms with van der Waals surface area (Å²) in [4.78, 5) is 21.5. The van der Waals surface area contributed by atoms with Gasteiger partial charge >= 0.3 is 6.18 Å². The molecule has 11 heteroatoms. The number of benzene rings is 1. The third-order valence-corrected chi connectivity index (χ3v) is 3.51. The maximum atomic E-state index is 12.9. The molecule has 1 rings (SSSR count). The first-order valence-electron chi connectivity index (χ1n) is 7.53. The number of aliphatic hydroxyl groups is 1. The summed E-state index contributed by atoms with van der Waals surface area (Å²) >= 11 is 0. The molecule has 0 radical (unpaired) electrons. The fourth-order valence-corrected chi connectivity index (χ4v) is 2.38. The van der Waals surface area contributed by atoms with Crippen LogP contribution in [0.15, 0.2) is 12.1 Å². The summed E-state index contributed by atoms with van der Waals surface area (Å²) in [5.74, 6) is 0. The second-order valence-electron chi connectivity index (χ2n) is 5.29. The minimum atomic E-state index is -4.96. The van der Waals surface area contributed by atoms with Crippen LogP contribution < -0.4 is 4.90 Å². The van der Waals surface area contributed by atoms with Crippen molar-refractivity contribution < 1.29 is 28.1 Å². The normalized spacial score (nSPS) is 11.4. The summed E-state index contributed by atoms with van der Waals surface area (Å²) in [6, 6.07) is 0.569. The lowest BCUT2D eigenvalue weighted by atomic mass is 10.1. The SMILES string of the molecule is CCCCCN(CCO)c1c([N+](=O)[O-])cc(C(F)(F)F)cc1[N+](=O)[O-]. The number of nitro groups is 2. The van der Waals surface area contributed by atoms with Crippen molar-refractivity contribution in [2.24, 2.45) is 0 Å². The fraction of sp³-hybridized carbons (Fsp3) is 0.571. The van der Waals surface area contributed by atoms with E-state index >= 15 is 0 Å². The molecule has 0 spiro atoms. The highest BCUT2D eigenvalue weighted by atomic mass is 19.4. The molecule has 0 heterocycles. The number of aliphatic hydroxyl groups excluding tert-OH is 1. The second kappa shape index (κ2) is 8.60. The minimum absolute atomic E-state index is 0.140. The Labute approximate surface area is 141 Å². The maximum absolute atomic E-state index is 12.9. The quantitative estimate of drug-likeness (QED) is 0.407. The first-order valence-corrected chi connectivity index (χ1v) is 7.53. The molecule has 0 unspecified atom stereocenters. The van der Waals surface area contributed by atoms with Gasteiger partial charge in [-0.3, -0.25) is 20.2 Å². The molecule has 8 nitrogen and oxygen atoms in total. The lowest BCUT2D eigenvalue weighted by molar-refractivity contribution is -0.393. The lowest BCUT2D eigenvalue weighted by Crippen LogP contribution is -2.29. The number of hydrogen-bond donors (Lipinski definition) is 1. The van der Waals surface area contributed by atoms with Crippen molar-refractivity contribution >= 4 is 17.1 Å². The molecule has 0 aliphatic carbocycles. The van der Waals surface area contributed by atoms with Crippen LogP contribution in [0.1, 0.15) is 31.7 Å². The van der Waals surface area contributed by atoms with Crippen molar-refractivity contribution in [1.82, 2.24) is 0 Å². The van der Waals surface area contributed by atoms with Crippen molar-refractivity contribution in [3.8, 4) is 0 Å². The van der Waals surface area contributed by atoms with Crippen LogP contribution in [0.5, 0.6) is 0 Å². The number of unbranched alkanes of at least 4 members (excludes halogenated alkanes) is 2. The molecule has 0 amide bonds. The van der Waals surface area contributed by atoms with Crippen LogP contribution in [-0.4, -0.2) is 34.6 Å². The van der Waals surface area contributed by atoms with Gasteiger partial charge in [0.25, 0.3) is 11.4 Å². The topological polar surface area (TPSA) is 110 Å². The first-order chi connectivity index (χ1) is 11.6. The van der Waals surface area contributed by atoms with E-state index in [9.17, 15) is 33.4 Å². The Morgan fingerprint density at radius 1 is 1.08 bits per heavy atom. The molecular weight excluding hydrogens is 347 g/mol. The Hall–Kier alpha value is -2.43. The van der Waals surface area contributed by atoms with Crippen LogP contribution in [0.3, 0.4) is 0 Å². The summed E-state index contributed by atoms with van der Waals surface area (Å²) in [6.45, 7) is 1.42. The van der Waals surface area contributed by atoms with Gasteiger partial charge in [-0.1, -0.05) is 19.8 Å². The maximum Gasteiger partial charge on any atom is 0.416 e. The number of nitrogens with zero attached hydrogens (tertiary/aromatic N) is 3. The van der Waals surface area contributed by atoms with Crippen LogP contribution in [0.4, 0.5) is 30.2 Å². The zero-order chi connectivity index (χ0) is 19.2. The van der Waals surface area contributed by atoms with Gasteiger partial charge in [-0.15, -0.1) is 0 Å². The lowest BCUT2D eigenvalue weighted by Gasteiger charge is -2.24. The highest BCUT2D eigenvalue weighted by Gasteiger charge is 2.39. The van der Waals surface area contributed by atoms with Crippen LogP contribution >= 0.6 is 0 Å². The molecule has 0 aliphatic rings. The van der Waals surface area contributed by atoms with Gasteiger partial charge in [0.2, 0.25) is 0 Å². The monoisotopic (exact) mass is 365 g/mol. The molecule has 0 aliphatic heterocycles. The highest BCUT2D eigenvalue weighted by Crippen LogP contribution is 2.43. The summed E-state index contributed by atoms with van der Waals surface area (Å²) in [5.41, 5.74) is -4.00. The highest BCUT2D eigenvalue weighted by molar-refractivity contribution is 5.76. The summed E-state index contributed by atoms with van der Waals surface area (Å²) < 4.78 is 38.7. The van der Waals surface area contributed by atoms with Crippen molar-refractivity contribution in [3.63, 3.8) is 0 Å². The summed E-state index contributed by atoms with van der Waals surface area (Å²) in [7, 11) is 0. The standard InChI is InChI=1S/C14H18F3N3O5/c1-2-3-4-5-18(6-7-21)13-11(19(22)23)8-10(14(15,16)17)9-12(13)20(24)25/h8-9,21H,2-7H2,1H3. The van der Waals surface area contributed by atoms with Crippen molar-refractivity contribution in [2.45, 2.75) is 32.4 Å². The molecule has 140 valence electrons. The van der Waals surface area contributed by atoms with Gasteiger partial charge in [0, 0.05) is 25.2 Å². The smallest absolute Gasteiger partial charge is 0.395 e. The Kier molecular flexibility index (Phi) is 7.09. The average molecular weight is 365 g/mol. The molecule has 1 aromatic carbocycles. The number of halogens is 3. The Morgan fingerprint density at radius 2 is 1.60 bits per heavy atom. The van der Waals surface area contributed by atoms with E-state index in [0.717, 1.165) is 12.8 Å². The van der Waals surface area contributed by atoms with Gasteiger partial charge < -0.3 is 10.0 Å². The van der Waals surface area contributed by atoms with Gasteiger partial charge in [-0.05, 0) is 6.42 Å². The molecule has 0 saturated heterocycles. The molecule has 0 aromatic heterocycles. The van der Waals surface area contributed by atoms with Gasteiger partial charge in [-0.25, -0.2) is 0 Å². The van der Waals surface area contributed by atoms with E-state index in [2.05, 4.69) is 0 Å². The predicted octanol–water partition coefficient (Wildman–Crippen LogP) is 3.51. The molecule has 25 heavy (non-hydrogen) atoms. The number of hydrogen-bond acceptors (Lipinski definition) is 6. The largest absolute Gasteiger partial charge is 0.416 e. The minimum Gasteiger partial charge on any atom is -0.395 e. The van der Waals surface area contributed by atoms with E-state index < -0.39 is 45.3 Å². The van der Waals surface area contributed by atoms with Gasteiger partial charge in [0.1, 0.15) is 0 Å². The zero-order valence-corrected chi connectivity index (χ0v) is 13.5. The molecule has 0 bridgehead atoms. The van der Waals surface area contributed by atoms with E-state index in [0.29, 0.717) is 6.42 Å². The van der Waals surface area contributed by atoms with Gasteiger partial charge in [-0.2, -0.15) is 13.2 Å². The van der Waals surface area contributed by atoms with Gasteiger partial charge in [0.05, 0.1) is 22.0 Å². The molecule has 0 atom stereocenters. The van der Waals surface area contributed by atoms with E-state index in [-0.39, 0.29) is 25.2 Å². The van der Waals surface area contributed by atoms with Crippen LogP contribution in [0.2, 0.25) is 0 Å². The molecule has 1 aromatic rings. The number of anilines is 1.